The van der Waals surface area contributed by atoms with Crippen LogP contribution < -0.4 is 16.4 Å². The number of aromatic nitrogens is 2. The number of amides is 1. The molecule has 1 heterocycles. The van der Waals surface area contributed by atoms with E-state index in [2.05, 4.69) is 20.6 Å². The zero-order valence-electron chi connectivity index (χ0n) is 14.8. The van der Waals surface area contributed by atoms with Gasteiger partial charge in [-0.05, 0) is 17.7 Å². The zero-order chi connectivity index (χ0) is 19.9. The molecule has 0 aliphatic heterocycles. The first-order valence-corrected chi connectivity index (χ1v) is 8.46. The first-order valence-electron chi connectivity index (χ1n) is 8.46. The summed E-state index contributed by atoms with van der Waals surface area (Å²) in [5.41, 5.74) is 6.81. The molecule has 0 saturated heterocycles. The summed E-state index contributed by atoms with van der Waals surface area (Å²) in [6.45, 7) is 0. The minimum atomic E-state index is -0.719. The van der Waals surface area contributed by atoms with Crippen molar-refractivity contribution < 1.29 is 9.72 Å². The Kier molecular flexibility index (Phi) is 5.75. The lowest BCUT2D eigenvalue weighted by Crippen LogP contribution is -2.37. The van der Waals surface area contributed by atoms with Gasteiger partial charge in [-0.3, -0.25) is 14.9 Å². The minimum absolute atomic E-state index is 0.0345. The molecule has 1 atom stereocenters. The number of nitrogen functional groups attached to an aromatic ring is 1. The molecule has 4 N–H and O–H groups in total. The third-order valence-electron chi connectivity index (χ3n) is 3.94. The van der Waals surface area contributed by atoms with Crippen molar-refractivity contribution in [2.45, 2.75) is 12.5 Å². The SMILES string of the molecule is Nc1nc(N[C@H](Cc2ccccc2)C(=O)Nc2ccccc2)ncc1[N+](=O)[O-]. The molecule has 0 bridgehead atoms. The third kappa shape index (κ3) is 4.79. The van der Waals surface area contributed by atoms with Gasteiger partial charge < -0.3 is 16.4 Å². The van der Waals surface area contributed by atoms with Gasteiger partial charge in [-0.1, -0.05) is 48.5 Å². The van der Waals surface area contributed by atoms with Crippen LogP contribution in [0.2, 0.25) is 0 Å². The number of nitro groups is 1. The lowest BCUT2D eigenvalue weighted by Gasteiger charge is -2.18. The molecular weight excluding hydrogens is 360 g/mol. The molecule has 28 heavy (non-hydrogen) atoms. The number of nitrogens with one attached hydrogen (secondary N) is 2. The molecule has 0 saturated carbocycles. The summed E-state index contributed by atoms with van der Waals surface area (Å²) in [5.74, 6) is -0.535. The Balaban J connectivity index is 1.82. The lowest BCUT2D eigenvalue weighted by atomic mass is 10.1. The molecule has 0 unspecified atom stereocenters. The molecule has 3 aromatic rings. The van der Waals surface area contributed by atoms with Crippen LogP contribution in [0.5, 0.6) is 0 Å². The molecule has 1 aromatic heterocycles. The van der Waals surface area contributed by atoms with E-state index >= 15 is 0 Å². The van der Waals surface area contributed by atoms with Gasteiger partial charge in [0.15, 0.2) is 0 Å². The smallest absolute Gasteiger partial charge is 0.329 e. The maximum atomic E-state index is 12.8. The highest BCUT2D eigenvalue weighted by Crippen LogP contribution is 2.19. The number of para-hydroxylation sites is 1. The van der Waals surface area contributed by atoms with Crippen LogP contribution in [0.3, 0.4) is 0 Å². The summed E-state index contributed by atoms with van der Waals surface area (Å²) in [5, 5.41) is 16.6. The van der Waals surface area contributed by atoms with Crippen molar-refractivity contribution in [3.8, 4) is 0 Å². The van der Waals surface area contributed by atoms with Crippen molar-refractivity contribution in [1.29, 1.82) is 0 Å². The van der Waals surface area contributed by atoms with Gasteiger partial charge in [0.1, 0.15) is 12.2 Å². The fourth-order valence-electron chi connectivity index (χ4n) is 2.56. The second kappa shape index (κ2) is 8.58. The topological polar surface area (TPSA) is 136 Å². The van der Waals surface area contributed by atoms with E-state index in [-0.39, 0.29) is 23.4 Å². The van der Waals surface area contributed by atoms with Gasteiger partial charge in [0.25, 0.3) is 0 Å². The third-order valence-corrected chi connectivity index (χ3v) is 3.94. The molecule has 9 nitrogen and oxygen atoms in total. The van der Waals surface area contributed by atoms with Crippen molar-refractivity contribution in [2.24, 2.45) is 0 Å². The van der Waals surface area contributed by atoms with Gasteiger partial charge >= 0.3 is 5.69 Å². The van der Waals surface area contributed by atoms with Crippen LogP contribution in [0.4, 0.5) is 23.1 Å². The Hall–Kier alpha value is -4.01. The lowest BCUT2D eigenvalue weighted by molar-refractivity contribution is -0.384. The number of hydrogen-bond donors (Lipinski definition) is 3. The highest BCUT2D eigenvalue weighted by Gasteiger charge is 2.22. The predicted molar refractivity (Wildman–Crippen MR) is 106 cm³/mol. The summed E-state index contributed by atoms with van der Waals surface area (Å²) in [6.07, 6.45) is 1.37. The van der Waals surface area contributed by atoms with Crippen LogP contribution in [0.1, 0.15) is 5.56 Å². The average Bonchev–Trinajstić information content (AvgIpc) is 2.69. The van der Waals surface area contributed by atoms with Crippen LogP contribution in [0.15, 0.2) is 66.9 Å². The number of benzene rings is 2. The highest BCUT2D eigenvalue weighted by atomic mass is 16.6. The fraction of sp³-hybridized carbons (Fsp3) is 0.105. The molecule has 0 fully saturated rings. The van der Waals surface area contributed by atoms with Crippen molar-refractivity contribution in [2.75, 3.05) is 16.4 Å². The van der Waals surface area contributed by atoms with Gasteiger partial charge in [0, 0.05) is 12.1 Å². The molecule has 0 radical (unpaired) electrons. The van der Waals surface area contributed by atoms with Gasteiger partial charge in [-0.2, -0.15) is 4.98 Å². The standard InChI is InChI=1S/C19H18N6O3/c20-17-16(25(27)28)12-21-19(24-17)23-15(11-13-7-3-1-4-8-13)18(26)22-14-9-5-2-6-10-14/h1-10,12,15H,11H2,(H,22,26)(H3,20,21,23,24)/t15-/m1/s1. The van der Waals surface area contributed by atoms with Gasteiger partial charge in [0.2, 0.25) is 17.7 Å². The van der Waals surface area contributed by atoms with E-state index in [0.29, 0.717) is 12.1 Å². The normalized spacial score (nSPS) is 11.4. The number of anilines is 3. The monoisotopic (exact) mass is 378 g/mol. The number of carbonyl (C=O) groups is 1. The molecule has 0 spiro atoms. The first kappa shape index (κ1) is 18.8. The second-order valence-corrected chi connectivity index (χ2v) is 5.96. The van der Waals surface area contributed by atoms with E-state index in [4.69, 9.17) is 5.73 Å². The van der Waals surface area contributed by atoms with E-state index in [1.807, 2.05) is 48.5 Å². The van der Waals surface area contributed by atoms with Crippen LogP contribution in [0, 0.1) is 10.1 Å². The van der Waals surface area contributed by atoms with Crippen molar-refractivity contribution >= 4 is 29.0 Å². The van der Waals surface area contributed by atoms with Crippen LogP contribution in [0.25, 0.3) is 0 Å². The Morgan fingerprint density at radius 3 is 2.36 bits per heavy atom. The van der Waals surface area contributed by atoms with E-state index in [1.165, 1.54) is 0 Å². The number of nitrogens with zero attached hydrogens (tertiary/aromatic N) is 3. The molecule has 0 aliphatic carbocycles. The second-order valence-electron chi connectivity index (χ2n) is 5.96. The summed E-state index contributed by atoms with van der Waals surface area (Å²) in [4.78, 5) is 30.8. The summed E-state index contributed by atoms with van der Waals surface area (Å²) in [7, 11) is 0. The Bertz CT molecular complexity index is 966. The molecule has 142 valence electrons. The molecule has 9 heteroatoms. The van der Waals surface area contributed by atoms with Crippen LogP contribution in [-0.4, -0.2) is 26.8 Å². The van der Waals surface area contributed by atoms with E-state index in [9.17, 15) is 14.9 Å². The Morgan fingerprint density at radius 2 is 1.75 bits per heavy atom. The number of hydrogen-bond acceptors (Lipinski definition) is 7. The molecule has 3 rings (SSSR count). The van der Waals surface area contributed by atoms with Crippen LogP contribution >= 0.6 is 0 Å². The van der Waals surface area contributed by atoms with Crippen molar-refractivity contribution in [3.63, 3.8) is 0 Å². The zero-order valence-corrected chi connectivity index (χ0v) is 14.8. The maximum Gasteiger partial charge on any atom is 0.329 e. The maximum absolute atomic E-state index is 12.8. The van der Waals surface area contributed by atoms with E-state index < -0.39 is 11.0 Å². The molecule has 0 aliphatic rings. The van der Waals surface area contributed by atoms with E-state index in [0.717, 1.165) is 11.8 Å². The number of rotatable bonds is 7. The van der Waals surface area contributed by atoms with E-state index in [1.54, 1.807) is 12.1 Å². The summed E-state index contributed by atoms with van der Waals surface area (Å²) < 4.78 is 0. The highest BCUT2D eigenvalue weighted by molar-refractivity contribution is 5.96. The van der Waals surface area contributed by atoms with Gasteiger partial charge in [0.05, 0.1) is 4.92 Å². The fourth-order valence-corrected chi connectivity index (χ4v) is 2.56. The Morgan fingerprint density at radius 1 is 1.11 bits per heavy atom. The minimum Gasteiger partial charge on any atom is -0.378 e. The molecule has 1 amide bonds. The average molecular weight is 378 g/mol. The molecule has 2 aromatic carbocycles. The van der Waals surface area contributed by atoms with Crippen LogP contribution in [-0.2, 0) is 11.2 Å². The predicted octanol–water partition coefficient (Wildman–Crippen LogP) is 2.63. The molecular formula is C19H18N6O3. The largest absolute Gasteiger partial charge is 0.378 e. The van der Waals surface area contributed by atoms with Gasteiger partial charge in [-0.15, -0.1) is 0 Å². The quantitative estimate of drug-likeness (QED) is 0.424. The van der Waals surface area contributed by atoms with Crippen molar-refractivity contribution in [1.82, 2.24) is 9.97 Å². The first-order chi connectivity index (χ1) is 13.5. The number of nitrogens with two attached hydrogens (primary N) is 1. The van der Waals surface area contributed by atoms with Crippen molar-refractivity contribution in [3.05, 3.63) is 82.5 Å². The summed E-state index contributed by atoms with van der Waals surface area (Å²) in [6, 6.07) is 17.7. The summed E-state index contributed by atoms with van der Waals surface area (Å²) >= 11 is 0. The Labute approximate surface area is 160 Å². The number of carbonyl (C=O) groups excluding carboxylic acids is 1. The van der Waals surface area contributed by atoms with Gasteiger partial charge in [-0.25, -0.2) is 4.98 Å².